The van der Waals surface area contributed by atoms with Crippen molar-refractivity contribution < 1.29 is 23.9 Å². The summed E-state index contributed by atoms with van der Waals surface area (Å²) in [6.07, 6.45) is 1.28. The van der Waals surface area contributed by atoms with E-state index in [1.807, 2.05) is 0 Å². The van der Waals surface area contributed by atoms with Gasteiger partial charge in [0.15, 0.2) is 0 Å². The molecule has 1 aliphatic rings. The molecule has 0 aromatic carbocycles. The minimum atomic E-state index is -0.984. The largest absolute Gasteiger partial charge is 0.468 e. The molecule has 3 atom stereocenters. The molecular weight excluding hydrogens is 214 g/mol. The third kappa shape index (κ3) is 2.21. The molecule has 3 unspecified atom stereocenters. The molecule has 1 saturated heterocycles. The summed E-state index contributed by atoms with van der Waals surface area (Å²) in [6.45, 7) is 0.626. The van der Waals surface area contributed by atoms with Crippen molar-refractivity contribution in [2.45, 2.75) is 18.6 Å². The second kappa shape index (κ2) is 5.60. The van der Waals surface area contributed by atoms with Crippen molar-refractivity contribution in [3.05, 3.63) is 0 Å². The van der Waals surface area contributed by atoms with Crippen molar-refractivity contribution in [3.63, 3.8) is 0 Å². The van der Waals surface area contributed by atoms with E-state index in [0.717, 1.165) is 6.42 Å². The molecule has 16 heavy (non-hydrogen) atoms. The Hall–Kier alpha value is -1.43. The van der Waals surface area contributed by atoms with E-state index in [9.17, 15) is 14.4 Å². The van der Waals surface area contributed by atoms with E-state index in [1.165, 1.54) is 19.1 Å². The third-order valence-corrected chi connectivity index (χ3v) is 2.87. The summed E-state index contributed by atoms with van der Waals surface area (Å²) in [5.41, 5.74) is 0. The number of rotatable bonds is 6. The van der Waals surface area contributed by atoms with Gasteiger partial charge in [0.1, 0.15) is 12.2 Å². The van der Waals surface area contributed by atoms with E-state index in [1.54, 1.807) is 0 Å². The summed E-state index contributed by atoms with van der Waals surface area (Å²) in [4.78, 5) is 34.3. The fourth-order valence-corrected chi connectivity index (χ4v) is 1.86. The van der Waals surface area contributed by atoms with Crippen molar-refractivity contribution in [2.75, 3.05) is 20.8 Å². The quantitative estimate of drug-likeness (QED) is 0.339. The van der Waals surface area contributed by atoms with Crippen LogP contribution in [-0.2, 0) is 23.9 Å². The lowest BCUT2D eigenvalue weighted by molar-refractivity contribution is -0.159. The third-order valence-electron chi connectivity index (χ3n) is 2.87. The zero-order valence-corrected chi connectivity index (χ0v) is 9.29. The lowest BCUT2D eigenvalue weighted by Crippen LogP contribution is -2.57. The molecule has 0 saturated carbocycles. The lowest BCUT2D eigenvalue weighted by Gasteiger charge is -2.43. The average molecular weight is 229 g/mol. The Kier molecular flexibility index (Phi) is 4.42. The molecule has 6 heteroatoms. The number of ether oxygens (including phenoxy) is 2. The Morgan fingerprint density at radius 3 is 2.44 bits per heavy atom. The van der Waals surface area contributed by atoms with Gasteiger partial charge in [-0.2, -0.15) is 0 Å². The Labute approximate surface area is 93.5 Å². The molecule has 0 bridgehead atoms. The van der Waals surface area contributed by atoms with Gasteiger partial charge in [0.2, 0.25) is 6.41 Å². The predicted molar refractivity (Wildman–Crippen MR) is 53.5 cm³/mol. The molecule has 0 aromatic rings. The fourth-order valence-electron chi connectivity index (χ4n) is 1.86. The molecule has 1 fully saturated rings. The number of hydrogen-bond donors (Lipinski definition) is 0. The first-order valence-electron chi connectivity index (χ1n) is 4.96. The van der Waals surface area contributed by atoms with Gasteiger partial charge < -0.3 is 19.2 Å². The summed E-state index contributed by atoms with van der Waals surface area (Å²) < 4.78 is 9.65. The molecule has 1 rings (SSSR count). The maximum Gasteiger partial charge on any atom is 0.318 e. The maximum atomic E-state index is 11.3. The van der Waals surface area contributed by atoms with Crippen LogP contribution in [0.2, 0.25) is 0 Å². The fraction of sp³-hybridized carbons (Fsp3) is 0.700. The normalized spacial score (nSPS) is 22.9. The van der Waals surface area contributed by atoms with E-state index in [4.69, 9.17) is 4.74 Å². The highest BCUT2D eigenvalue weighted by Crippen LogP contribution is 2.25. The average Bonchev–Trinajstić information content (AvgIpc) is 2.27. The SMILES string of the molecule is COC(=O)C(C=O)C(OC)C1CCN1C=O. The number of likely N-dealkylation sites (tertiary alicyclic amines) is 1. The van der Waals surface area contributed by atoms with Crippen molar-refractivity contribution in [2.24, 2.45) is 5.92 Å². The van der Waals surface area contributed by atoms with Gasteiger partial charge >= 0.3 is 5.97 Å². The second-order valence-corrected chi connectivity index (χ2v) is 3.58. The Bertz CT molecular complexity index is 280. The maximum absolute atomic E-state index is 11.3. The molecule has 0 spiro atoms. The van der Waals surface area contributed by atoms with E-state index in [-0.39, 0.29) is 6.04 Å². The highest BCUT2D eigenvalue weighted by molar-refractivity contribution is 5.88. The molecule has 0 aromatic heterocycles. The first kappa shape index (κ1) is 12.6. The van der Waals surface area contributed by atoms with Crippen LogP contribution in [0.4, 0.5) is 0 Å². The Morgan fingerprint density at radius 1 is 1.44 bits per heavy atom. The van der Waals surface area contributed by atoms with Gasteiger partial charge in [0.25, 0.3) is 0 Å². The molecule has 1 amide bonds. The molecule has 0 radical (unpaired) electrons. The van der Waals surface area contributed by atoms with E-state index >= 15 is 0 Å². The van der Waals surface area contributed by atoms with E-state index in [2.05, 4.69) is 4.74 Å². The number of amides is 1. The zero-order valence-electron chi connectivity index (χ0n) is 9.29. The Morgan fingerprint density at radius 2 is 2.12 bits per heavy atom. The molecule has 1 heterocycles. The summed E-state index contributed by atoms with van der Waals surface area (Å²) in [5.74, 6) is -1.62. The lowest BCUT2D eigenvalue weighted by atomic mass is 9.89. The van der Waals surface area contributed by atoms with Crippen LogP contribution >= 0.6 is 0 Å². The molecule has 0 aliphatic carbocycles. The number of carbonyl (C=O) groups is 3. The van der Waals surface area contributed by atoms with Crippen molar-refractivity contribution in [3.8, 4) is 0 Å². The van der Waals surface area contributed by atoms with E-state index in [0.29, 0.717) is 19.2 Å². The van der Waals surface area contributed by atoms with Gasteiger partial charge in [-0.3, -0.25) is 9.59 Å². The number of aldehydes is 1. The number of methoxy groups -OCH3 is 2. The summed E-state index contributed by atoms with van der Waals surface area (Å²) in [5, 5.41) is 0. The van der Waals surface area contributed by atoms with Crippen LogP contribution < -0.4 is 0 Å². The number of hydrogen-bond acceptors (Lipinski definition) is 5. The minimum absolute atomic E-state index is 0.225. The van der Waals surface area contributed by atoms with Gasteiger partial charge in [-0.1, -0.05) is 0 Å². The van der Waals surface area contributed by atoms with Crippen LogP contribution in [0, 0.1) is 5.92 Å². The monoisotopic (exact) mass is 229 g/mol. The molecule has 1 aliphatic heterocycles. The van der Waals surface area contributed by atoms with Gasteiger partial charge in [-0.15, -0.1) is 0 Å². The van der Waals surface area contributed by atoms with Gasteiger partial charge in [0.05, 0.1) is 19.3 Å². The Balaban J connectivity index is 2.75. The summed E-state index contributed by atoms with van der Waals surface area (Å²) in [7, 11) is 2.62. The summed E-state index contributed by atoms with van der Waals surface area (Å²) >= 11 is 0. The predicted octanol–water partition coefficient (Wildman–Crippen LogP) is -0.780. The first-order valence-corrected chi connectivity index (χ1v) is 4.96. The highest BCUT2D eigenvalue weighted by atomic mass is 16.5. The number of nitrogens with zero attached hydrogens (tertiary/aromatic N) is 1. The molecular formula is C10H15NO5. The standard InChI is InChI=1S/C10H15NO5/c1-15-9(7(5-12)10(14)16-2)8-3-4-11(8)6-13/h5-9H,3-4H2,1-2H3. The molecule has 90 valence electrons. The van der Waals surface area contributed by atoms with Gasteiger partial charge in [-0.25, -0.2) is 0 Å². The zero-order chi connectivity index (χ0) is 12.1. The van der Waals surface area contributed by atoms with Crippen LogP contribution in [0.1, 0.15) is 6.42 Å². The minimum Gasteiger partial charge on any atom is -0.468 e. The summed E-state index contributed by atoms with van der Waals surface area (Å²) in [6, 6.07) is -0.225. The van der Waals surface area contributed by atoms with Crippen molar-refractivity contribution in [1.29, 1.82) is 0 Å². The van der Waals surface area contributed by atoms with E-state index < -0.39 is 18.0 Å². The van der Waals surface area contributed by atoms with Crippen LogP contribution in [0.3, 0.4) is 0 Å². The molecule has 6 nitrogen and oxygen atoms in total. The van der Waals surface area contributed by atoms with Crippen molar-refractivity contribution in [1.82, 2.24) is 4.90 Å². The van der Waals surface area contributed by atoms with Crippen LogP contribution in [0.25, 0.3) is 0 Å². The van der Waals surface area contributed by atoms with Crippen LogP contribution in [0.15, 0.2) is 0 Å². The smallest absolute Gasteiger partial charge is 0.318 e. The number of esters is 1. The van der Waals surface area contributed by atoms with Gasteiger partial charge in [-0.05, 0) is 6.42 Å². The van der Waals surface area contributed by atoms with Crippen LogP contribution in [0.5, 0.6) is 0 Å². The topological polar surface area (TPSA) is 72.9 Å². The second-order valence-electron chi connectivity index (χ2n) is 3.58. The number of carbonyl (C=O) groups excluding carboxylic acids is 3. The van der Waals surface area contributed by atoms with Crippen LogP contribution in [-0.4, -0.2) is 56.5 Å². The van der Waals surface area contributed by atoms with Crippen molar-refractivity contribution >= 4 is 18.7 Å². The highest BCUT2D eigenvalue weighted by Gasteiger charge is 2.42. The van der Waals surface area contributed by atoms with Gasteiger partial charge in [0, 0.05) is 13.7 Å². The first-order chi connectivity index (χ1) is 7.69. The molecule has 0 N–H and O–H groups in total.